The van der Waals surface area contributed by atoms with E-state index in [1.807, 2.05) is 30.5 Å². The molecule has 3 nitrogen and oxygen atoms in total. The first-order chi connectivity index (χ1) is 10.8. The van der Waals surface area contributed by atoms with Gasteiger partial charge < -0.3 is 4.74 Å². The van der Waals surface area contributed by atoms with Gasteiger partial charge in [0.15, 0.2) is 0 Å². The quantitative estimate of drug-likeness (QED) is 0.580. The van der Waals surface area contributed by atoms with Crippen LogP contribution < -0.4 is 4.74 Å². The number of nitrogens with zero attached hydrogens (tertiary/aromatic N) is 2. The van der Waals surface area contributed by atoms with Crippen LogP contribution in [0.4, 0.5) is 0 Å². The molecule has 0 saturated carbocycles. The fourth-order valence-corrected chi connectivity index (χ4v) is 3.00. The highest BCUT2D eigenvalue weighted by molar-refractivity contribution is 7.16. The van der Waals surface area contributed by atoms with E-state index in [1.165, 1.54) is 32.1 Å². The van der Waals surface area contributed by atoms with Gasteiger partial charge in [-0.15, -0.1) is 0 Å². The molecule has 0 aliphatic heterocycles. The van der Waals surface area contributed by atoms with Gasteiger partial charge in [0.25, 0.3) is 5.19 Å². The maximum absolute atomic E-state index is 8.81. The molecule has 1 aromatic heterocycles. The highest BCUT2D eigenvalue weighted by atomic mass is 32.1. The third kappa shape index (κ3) is 5.16. The van der Waals surface area contributed by atoms with Crippen LogP contribution in [0.1, 0.15) is 51.0 Å². The fraction of sp³-hybridized carbons (Fsp3) is 0.444. The van der Waals surface area contributed by atoms with Gasteiger partial charge in [0.05, 0.1) is 23.1 Å². The number of ether oxygens (including phenoxy) is 1. The second-order valence-corrected chi connectivity index (χ2v) is 6.29. The lowest BCUT2D eigenvalue weighted by molar-refractivity contribution is 0.303. The van der Waals surface area contributed by atoms with Crippen LogP contribution in [0, 0.1) is 11.3 Å². The van der Waals surface area contributed by atoms with E-state index in [0.717, 1.165) is 28.7 Å². The number of thiazole rings is 1. The second-order valence-electron chi connectivity index (χ2n) is 5.30. The van der Waals surface area contributed by atoms with Crippen molar-refractivity contribution >= 4 is 11.3 Å². The molecule has 0 aliphatic rings. The van der Waals surface area contributed by atoms with E-state index in [-0.39, 0.29) is 0 Å². The lowest BCUT2D eigenvalue weighted by atomic mass is 10.1. The smallest absolute Gasteiger partial charge is 0.273 e. The van der Waals surface area contributed by atoms with Crippen LogP contribution in [0.3, 0.4) is 0 Å². The predicted molar refractivity (Wildman–Crippen MR) is 91.1 cm³/mol. The summed E-state index contributed by atoms with van der Waals surface area (Å²) >= 11 is 1.56. The Balaban J connectivity index is 1.75. The lowest BCUT2D eigenvalue weighted by Gasteiger charge is -2.02. The van der Waals surface area contributed by atoms with Crippen LogP contribution in [0.15, 0.2) is 30.5 Å². The minimum absolute atomic E-state index is 0.674. The van der Waals surface area contributed by atoms with E-state index in [9.17, 15) is 0 Å². The molecule has 4 heteroatoms. The lowest BCUT2D eigenvalue weighted by Crippen LogP contribution is -1.96. The standard InChI is InChI=1S/C18H22N2OS/c1-2-3-4-5-6-7-12-21-18-20-14-17(22-18)16-10-8-15(13-19)9-11-16/h8-11,14H,2-7,12H2,1H3. The average Bonchev–Trinajstić information content (AvgIpc) is 3.03. The fourth-order valence-electron chi connectivity index (χ4n) is 2.21. The van der Waals surface area contributed by atoms with Gasteiger partial charge in [-0.2, -0.15) is 5.26 Å². The molecule has 0 N–H and O–H groups in total. The molecule has 2 aromatic rings. The molecule has 0 fully saturated rings. The van der Waals surface area contributed by atoms with Gasteiger partial charge in [0.1, 0.15) is 0 Å². The number of benzene rings is 1. The molecule has 0 radical (unpaired) electrons. The molecule has 2 rings (SSSR count). The second kappa shape index (κ2) is 9.22. The Morgan fingerprint density at radius 3 is 2.55 bits per heavy atom. The Labute approximate surface area is 136 Å². The largest absolute Gasteiger partial charge is 0.470 e. The summed E-state index contributed by atoms with van der Waals surface area (Å²) < 4.78 is 5.71. The number of unbranched alkanes of at least 4 members (excludes halogenated alkanes) is 5. The van der Waals surface area contributed by atoms with Gasteiger partial charge >= 0.3 is 0 Å². The molecular weight excluding hydrogens is 292 g/mol. The summed E-state index contributed by atoms with van der Waals surface area (Å²) in [7, 11) is 0. The molecule has 0 saturated heterocycles. The van der Waals surface area contributed by atoms with Crippen LogP contribution >= 0.6 is 11.3 Å². The number of aromatic nitrogens is 1. The van der Waals surface area contributed by atoms with E-state index < -0.39 is 0 Å². The van der Waals surface area contributed by atoms with E-state index in [4.69, 9.17) is 10.00 Å². The SMILES string of the molecule is CCCCCCCCOc1ncc(-c2ccc(C#N)cc2)s1. The minimum Gasteiger partial charge on any atom is -0.470 e. The molecule has 0 atom stereocenters. The van der Waals surface area contributed by atoms with Crippen molar-refractivity contribution in [3.63, 3.8) is 0 Å². The molecule has 0 unspecified atom stereocenters. The summed E-state index contributed by atoms with van der Waals surface area (Å²) in [6.07, 6.45) is 9.41. The molecule has 22 heavy (non-hydrogen) atoms. The molecular formula is C18H22N2OS. The third-order valence-electron chi connectivity index (χ3n) is 3.51. The molecule has 116 valence electrons. The van der Waals surface area contributed by atoms with Crippen molar-refractivity contribution in [2.24, 2.45) is 0 Å². The summed E-state index contributed by atoms with van der Waals surface area (Å²) in [5.41, 5.74) is 1.75. The van der Waals surface area contributed by atoms with E-state index in [2.05, 4.69) is 18.0 Å². The predicted octanol–water partition coefficient (Wildman–Crippen LogP) is 5.42. The zero-order valence-electron chi connectivity index (χ0n) is 13.0. The van der Waals surface area contributed by atoms with Crippen LogP contribution in [0.25, 0.3) is 10.4 Å². The molecule has 1 heterocycles. The first-order valence-electron chi connectivity index (χ1n) is 7.92. The number of hydrogen-bond donors (Lipinski definition) is 0. The van der Waals surface area contributed by atoms with Crippen LogP contribution in [-0.4, -0.2) is 11.6 Å². The van der Waals surface area contributed by atoms with Crippen molar-refractivity contribution in [2.75, 3.05) is 6.61 Å². The minimum atomic E-state index is 0.674. The van der Waals surface area contributed by atoms with Crippen molar-refractivity contribution in [3.8, 4) is 21.7 Å². The molecule has 0 amide bonds. The van der Waals surface area contributed by atoms with Gasteiger partial charge in [-0.3, -0.25) is 0 Å². The number of hydrogen-bond acceptors (Lipinski definition) is 4. The molecule has 0 bridgehead atoms. The molecule has 0 aliphatic carbocycles. The Hall–Kier alpha value is -1.86. The van der Waals surface area contributed by atoms with Crippen molar-refractivity contribution in [2.45, 2.75) is 45.4 Å². The average molecular weight is 314 g/mol. The molecule has 0 spiro atoms. The van der Waals surface area contributed by atoms with Crippen molar-refractivity contribution in [1.82, 2.24) is 4.98 Å². The zero-order valence-corrected chi connectivity index (χ0v) is 13.9. The van der Waals surface area contributed by atoms with Crippen molar-refractivity contribution in [1.29, 1.82) is 5.26 Å². The summed E-state index contributed by atoms with van der Waals surface area (Å²) in [5.74, 6) is 0. The van der Waals surface area contributed by atoms with Gasteiger partial charge in [-0.25, -0.2) is 4.98 Å². The number of nitriles is 1. The van der Waals surface area contributed by atoms with Crippen LogP contribution in [0.5, 0.6) is 5.19 Å². The van der Waals surface area contributed by atoms with Gasteiger partial charge in [0.2, 0.25) is 0 Å². The van der Waals surface area contributed by atoms with Gasteiger partial charge in [-0.1, -0.05) is 62.5 Å². The topological polar surface area (TPSA) is 45.9 Å². The Morgan fingerprint density at radius 1 is 1.09 bits per heavy atom. The van der Waals surface area contributed by atoms with Gasteiger partial charge in [-0.05, 0) is 24.1 Å². The maximum Gasteiger partial charge on any atom is 0.273 e. The Bertz CT molecular complexity index is 598. The highest BCUT2D eigenvalue weighted by Crippen LogP contribution is 2.30. The monoisotopic (exact) mass is 314 g/mol. The Kier molecular flexibility index (Phi) is 6.92. The first kappa shape index (κ1) is 16.5. The Morgan fingerprint density at radius 2 is 1.82 bits per heavy atom. The highest BCUT2D eigenvalue weighted by Gasteiger charge is 2.05. The third-order valence-corrected chi connectivity index (χ3v) is 4.47. The van der Waals surface area contributed by atoms with Crippen molar-refractivity contribution < 1.29 is 4.74 Å². The molecule has 1 aromatic carbocycles. The van der Waals surface area contributed by atoms with E-state index in [1.54, 1.807) is 11.3 Å². The number of rotatable bonds is 9. The normalized spacial score (nSPS) is 10.4. The van der Waals surface area contributed by atoms with E-state index in [0.29, 0.717) is 5.56 Å². The summed E-state index contributed by atoms with van der Waals surface area (Å²) in [6.45, 7) is 2.98. The summed E-state index contributed by atoms with van der Waals surface area (Å²) in [4.78, 5) is 5.39. The first-order valence-corrected chi connectivity index (χ1v) is 8.74. The van der Waals surface area contributed by atoms with Crippen LogP contribution in [0.2, 0.25) is 0 Å². The van der Waals surface area contributed by atoms with Crippen LogP contribution in [-0.2, 0) is 0 Å². The zero-order chi connectivity index (χ0) is 15.6. The maximum atomic E-state index is 8.81. The summed E-state index contributed by atoms with van der Waals surface area (Å²) in [5, 5.41) is 9.54. The van der Waals surface area contributed by atoms with E-state index >= 15 is 0 Å². The van der Waals surface area contributed by atoms with Crippen molar-refractivity contribution in [3.05, 3.63) is 36.0 Å². The summed E-state index contributed by atoms with van der Waals surface area (Å²) in [6, 6.07) is 9.67. The van der Waals surface area contributed by atoms with Gasteiger partial charge in [0, 0.05) is 6.20 Å².